The number of ketones is 1. The maximum Gasteiger partial charge on any atom is 0.452 e. The third-order valence-corrected chi connectivity index (χ3v) is 8.32. The Kier molecular flexibility index (Phi) is 15.5. The summed E-state index contributed by atoms with van der Waals surface area (Å²) in [6.07, 6.45) is 0.369. The highest BCUT2D eigenvalue weighted by molar-refractivity contribution is 5.96. The molecule has 10 N–H and O–H groups in total. The number of Topliss-reactive ketones (excluding diaryl/α,β-unsaturated/α-hetero) is 1. The van der Waals surface area contributed by atoms with E-state index in [4.69, 9.17) is 17.2 Å². The van der Waals surface area contributed by atoms with Crippen LogP contribution in [0.1, 0.15) is 96.3 Å². The predicted octanol–water partition coefficient (Wildman–Crippen LogP) is 0.786. The summed E-state index contributed by atoms with van der Waals surface area (Å²) in [7, 11) is 0. The molecule has 0 aromatic rings. The Bertz CT molecular complexity index is 1050. The lowest BCUT2D eigenvalue weighted by Gasteiger charge is -2.37. The molecule has 1 saturated heterocycles. The fraction of sp³-hybridized carbons (Fsp3) is 0.793. The molecule has 2 fully saturated rings. The van der Waals surface area contributed by atoms with Crippen LogP contribution in [0.25, 0.3) is 0 Å². The fourth-order valence-electron chi connectivity index (χ4n) is 5.95. The molecule has 16 heteroatoms. The Morgan fingerprint density at radius 1 is 0.822 bits per heavy atom. The van der Waals surface area contributed by atoms with Crippen molar-refractivity contribution in [2.75, 3.05) is 19.6 Å². The molecule has 0 unspecified atom stereocenters. The maximum atomic E-state index is 13.5. The Hall–Kier alpha value is -3.43. The average molecular weight is 647 g/mol. The third-order valence-electron chi connectivity index (χ3n) is 8.32. The summed E-state index contributed by atoms with van der Waals surface area (Å²) in [5.41, 5.74) is 15.7. The van der Waals surface area contributed by atoms with Crippen molar-refractivity contribution in [3.8, 4) is 0 Å². The van der Waals surface area contributed by atoms with Crippen LogP contribution < -0.4 is 38.5 Å². The van der Waals surface area contributed by atoms with Gasteiger partial charge in [-0.1, -0.05) is 19.3 Å². The molecular weight excluding hydrogens is 597 g/mol. The summed E-state index contributed by atoms with van der Waals surface area (Å²) in [5.74, 6) is -4.70. The molecule has 0 bridgehead atoms. The van der Waals surface area contributed by atoms with E-state index in [2.05, 4.69) is 26.3 Å². The lowest BCUT2D eigenvalue weighted by atomic mass is 9.69. The Balaban J connectivity index is 2.40. The highest BCUT2D eigenvalue weighted by atomic mass is 19.4. The van der Waals surface area contributed by atoms with Crippen LogP contribution in [0, 0.1) is 5.41 Å². The number of amides is 4. The van der Waals surface area contributed by atoms with Crippen molar-refractivity contribution < 1.29 is 37.1 Å². The third kappa shape index (κ3) is 13.6. The van der Waals surface area contributed by atoms with Gasteiger partial charge < -0.3 is 38.5 Å². The molecule has 0 aromatic carbocycles. The molecule has 1 aliphatic carbocycles. The monoisotopic (exact) mass is 646 g/mol. The molecule has 13 nitrogen and oxygen atoms in total. The zero-order valence-electron chi connectivity index (χ0n) is 25.8. The molecule has 1 aliphatic heterocycles. The molecular formula is C29H49F3N8O5. The minimum Gasteiger partial charge on any atom is -0.370 e. The first-order valence-corrected chi connectivity index (χ1v) is 15.8. The number of nitrogens with one attached hydrogen (secondary N) is 4. The first kappa shape index (κ1) is 37.8. The highest BCUT2D eigenvalue weighted by Crippen LogP contribution is 2.42. The summed E-state index contributed by atoms with van der Waals surface area (Å²) in [6.45, 7) is 0.594. The Morgan fingerprint density at radius 3 is 2.09 bits per heavy atom. The standard InChI is InChI=1S/C29H49F3N8O5/c30-29(31,32)24(43)19-9-3-7-15-36-22(41)17-28(12-4-1-5-13-28)18-23(42)38-20(10-2-6-14-33)25(44)40-21(26(45)39-19)11-8-16-37-27(34)35/h19-21H,1-18,33H2,(H,36,41)(H,38,42)(H,39,45)(H,40,44)(H4,34,35,37)/t19-,20-,21-/m0/s1. The molecule has 45 heavy (non-hydrogen) atoms. The number of carbonyl (C=O) groups excluding carboxylic acids is 5. The van der Waals surface area contributed by atoms with Gasteiger partial charge in [-0.05, 0) is 76.2 Å². The van der Waals surface area contributed by atoms with E-state index in [1.807, 2.05) is 0 Å². The number of alkyl halides is 3. The Labute approximate surface area is 261 Å². The van der Waals surface area contributed by atoms with E-state index >= 15 is 0 Å². The van der Waals surface area contributed by atoms with Gasteiger partial charge in [-0.2, -0.15) is 13.2 Å². The van der Waals surface area contributed by atoms with Gasteiger partial charge >= 0.3 is 6.18 Å². The highest BCUT2D eigenvalue weighted by Gasteiger charge is 2.44. The smallest absolute Gasteiger partial charge is 0.370 e. The van der Waals surface area contributed by atoms with Crippen molar-refractivity contribution in [1.29, 1.82) is 0 Å². The molecule has 1 saturated carbocycles. The average Bonchev–Trinajstić information content (AvgIpc) is 2.96. The van der Waals surface area contributed by atoms with E-state index in [9.17, 15) is 37.1 Å². The van der Waals surface area contributed by atoms with Crippen molar-refractivity contribution in [3.05, 3.63) is 0 Å². The van der Waals surface area contributed by atoms with Gasteiger partial charge in [0, 0.05) is 25.9 Å². The second-order valence-electron chi connectivity index (χ2n) is 12.1. The summed E-state index contributed by atoms with van der Waals surface area (Å²) in [4.78, 5) is 69.2. The first-order valence-electron chi connectivity index (χ1n) is 15.8. The van der Waals surface area contributed by atoms with Gasteiger partial charge in [-0.3, -0.25) is 29.0 Å². The zero-order chi connectivity index (χ0) is 33.5. The number of carbonyl (C=O) groups is 5. The first-order chi connectivity index (χ1) is 21.3. The van der Waals surface area contributed by atoms with Crippen LogP contribution in [-0.4, -0.2) is 79.3 Å². The van der Waals surface area contributed by atoms with Crippen molar-refractivity contribution in [3.63, 3.8) is 0 Å². The van der Waals surface area contributed by atoms with Gasteiger partial charge in [-0.15, -0.1) is 0 Å². The molecule has 256 valence electrons. The van der Waals surface area contributed by atoms with Crippen LogP contribution >= 0.6 is 0 Å². The number of nitrogens with zero attached hydrogens (tertiary/aromatic N) is 1. The van der Waals surface area contributed by atoms with Crippen molar-refractivity contribution >= 4 is 35.4 Å². The lowest BCUT2D eigenvalue weighted by Crippen LogP contribution is -2.57. The van der Waals surface area contributed by atoms with Crippen LogP contribution in [0.3, 0.4) is 0 Å². The van der Waals surface area contributed by atoms with Crippen LogP contribution in [-0.2, 0) is 24.0 Å². The molecule has 0 radical (unpaired) electrons. The molecule has 1 spiro atoms. The van der Waals surface area contributed by atoms with E-state index in [1.165, 1.54) is 0 Å². The summed E-state index contributed by atoms with van der Waals surface area (Å²) < 4.78 is 40.4. The summed E-state index contributed by atoms with van der Waals surface area (Å²) in [6, 6.07) is -4.31. The number of hydrogen-bond donors (Lipinski definition) is 7. The quantitative estimate of drug-likeness (QED) is 0.107. The molecule has 1 heterocycles. The zero-order valence-corrected chi connectivity index (χ0v) is 25.8. The van der Waals surface area contributed by atoms with Gasteiger partial charge in [0.25, 0.3) is 5.78 Å². The van der Waals surface area contributed by atoms with Crippen LogP contribution in [0.4, 0.5) is 13.2 Å². The number of halogens is 3. The minimum absolute atomic E-state index is 0.0464. The van der Waals surface area contributed by atoms with E-state index in [0.29, 0.717) is 32.2 Å². The van der Waals surface area contributed by atoms with E-state index in [0.717, 1.165) is 19.3 Å². The molecule has 2 rings (SSSR count). The van der Waals surface area contributed by atoms with Crippen LogP contribution in [0.5, 0.6) is 0 Å². The van der Waals surface area contributed by atoms with Gasteiger partial charge in [0.05, 0.1) is 6.04 Å². The number of aliphatic imine (C=N–C) groups is 1. The molecule has 3 atom stereocenters. The van der Waals surface area contributed by atoms with Gasteiger partial charge in [-0.25, -0.2) is 0 Å². The maximum absolute atomic E-state index is 13.5. The van der Waals surface area contributed by atoms with Crippen molar-refractivity contribution in [2.45, 2.75) is 121 Å². The topological polar surface area (TPSA) is 224 Å². The fourth-order valence-corrected chi connectivity index (χ4v) is 5.95. The van der Waals surface area contributed by atoms with Gasteiger partial charge in [0.2, 0.25) is 23.6 Å². The summed E-state index contributed by atoms with van der Waals surface area (Å²) >= 11 is 0. The molecule has 0 aromatic heterocycles. The minimum atomic E-state index is -5.21. The second-order valence-corrected chi connectivity index (χ2v) is 12.1. The SMILES string of the molecule is NCCCC[C@@H]1NC(=O)CC2(CCCCC2)CC(=O)NCCCC[C@@H](C(=O)C(F)(F)F)NC(=O)[C@H](CCCN=C(N)N)NC1=O. The van der Waals surface area contributed by atoms with Gasteiger partial charge in [0.15, 0.2) is 5.96 Å². The molecule has 2 aliphatic rings. The molecule has 4 amide bonds. The number of nitrogens with two attached hydrogens (primary N) is 3. The number of rotatable bonds is 9. The van der Waals surface area contributed by atoms with E-state index in [-0.39, 0.29) is 76.3 Å². The largest absolute Gasteiger partial charge is 0.452 e. The number of unbranched alkanes of at least 4 members (excludes halogenated alkanes) is 1. The summed E-state index contributed by atoms with van der Waals surface area (Å²) in [5, 5.41) is 10.3. The lowest BCUT2D eigenvalue weighted by molar-refractivity contribution is -0.174. The van der Waals surface area contributed by atoms with Crippen LogP contribution in [0.15, 0.2) is 4.99 Å². The van der Waals surface area contributed by atoms with E-state index < -0.39 is 53.2 Å². The predicted molar refractivity (Wildman–Crippen MR) is 161 cm³/mol. The van der Waals surface area contributed by atoms with Crippen LogP contribution in [0.2, 0.25) is 0 Å². The number of hydrogen-bond acceptors (Lipinski definition) is 7. The second kappa shape index (κ2) is 18.5. The normalized spacial score (nSPS) is 24.3. The Morgan fingerprint density at radius 2 is 1.44 bits per heavy atom. The number of guanidine groups is 1. The van der Waals surface area contributed by atoms with E-state index in [1.54, 1.807) is 0 Å². The van der Waals surface area contributed by atoms with Crippen molar-refractivity contribution in [1.82, 2.24) is 21.3 Å². The van der Waals surface area contributed by atoms with Crippen molar-refractivity contribution in [2.24, 2.45) is 27.6 Å². The van der Waals surface area contributed by atoms with Gasteiger partial charge in [0.1, 0.15) is 12.1 Å².